The van der Waals surface area contributed by atoms with Gasteiger partial charge in [0.05, 0.1) is 24.6 Å². The summed E-state index contributed by atoms with van der Waals surface area (Å²) in [5, 5.41) is 20.4. The molecule has 0 aromatic carbocycles. The Morgan fingerprint density at radius 3 is 3.00 bits per heavy atom. The van der Waals surface area contributed by atoms with Crippen molar-refractivity contribution >= 4 is 28.5 Å². The van der Waals surface area contributed by atoms with Crippen molar-refractivity contribution in [1.29, 1.82) is 0 Å². The maximum Gasteiger partial charge on any atom is 0.226 e. The van der Waals surface area contributed by atoms with E-state index in [9.17, 15) is 10.2 Å². The Morgan fingerprint density at radius 1 is 1.60 bits per heavy atom. The van der Waals surface area contributed by atoms with Gasteiger partial charge in [-0.2, -0.15) is 4.98 Å². The molecule has 0 saturated carbocycles. The van der Waals surface area contributed by atoms with E-state index in [-0.39, 0.29) is 30.4 Å². The highest BCUT2D eigenvalue weighted by Crippen LogP contribution is 2.35. The van der Waals surface area contributed by atoms with E-state index in [4.69, 9.17) is 22.1 Å². The van der Waals surface area contributed by atoms with E-state index in [1.54, 1.807) is 23.8 Å². The topological polar surface area (TPSA) is 106 Å². The van der Waals surface area contributed by atoms with Crippen LogP contribution in [-0.4, -0.2) is 49.7 Å². The quantitative estimate of drug-likeness (QED) is 0.691. The molecule has 1 aliphatic rings. The lowest BCUT2D eigenvalue weighted by atomic mass is 9.97. The number of hydrogen-bond donors (Lipinski definition) is 3. The molecular weight excluding hydrogens is 284 g/mol. The molecule has 0 radical (unpaired) electrons. The largest absolute Gasteiger partial charge is 0.393 e. The Morgan fingerprint density at radius 2 is 2.35 bits per heavy atom. The molecule has 108 valence electrons. The highest BCUT2D eigenvalue weighted by atomic mass is 35.5. The van der Waals surface area contributed by atoms with Gasteiger partial charge in [-0.1, -0.05) is 0 Å². The van der Waals surface area contributed by atoms with Crippen molar-refractivity contribution in [2.45, 2.75) is 24.7 Å². The Kier molecular flexibility index (Phi) is 3.09. The van der Waals surface area contributed by atoms with Crippen molar-refractivity contribution < 1.29 is 14.9 Å². The van der Waals surface area contributed by atoms with Gasteiger partial charge in [-0.3, -0.25) is 0 Å². The molecule has 4 N–H and O–H groups in total. The first-order valence-electron chi connectivity index (χ1n) is 6.19. The number of halogens is 1. The number of rotatable bonds is 2. The molecule has 20 heavy (non-hydrogen) atoms. The van der Waals surface area contributed by atoms with Gasteiger partial charge in [0.2, 0.25) is 5.28 Å². The summed E-state index contributed by atoms with van der Waals surface area (Å²) in [5.41, 5.74) is 5.36. The van der Waals surface area contributed by atoms with Crippen LogP contribution in [0.15, 0.2) is 12.3 Å². The fourth-order valence-corrected chi connectivity index (χ4v) is 2.70. The highest BCUT2D eigenvalue weighted by Gasteiger charge is 2.46. The molecule has 3 unspecified atom stereocenters. The summed E-state index contributed by atoms with van der Waals surface area (Å²) >= 11 is 5.83. The van der Waals surface area contributed by atoms with Crippen molar-refractivity contribution in [3.05, 3.63) is 17.5 Å². The summed E-state index contributed by atoms with van der Waals surface area (Å²) in [6, 6.07) is 1.40. The second-order valence-corrected chi connectivity index (χ2v) is 5.47. The first-order chi connectivity index (χ1) is 9.46. The van der Waals surface area contributed by atoms with Crippen molar-refractivity contribution in [1.82, 2.24) is 14.5 Å². The molecule has 7 nitrogen and oxygen atoms in total. The van der Waals surface area contributed by atoms with Crippen LogP contribution in [0.3, 0.4) is 0 Å². The van der Waals surface area contributed by atoms with Crippen LogP contribution in [0.4, 0.5) is 5.82 Å². The smallest absolute Gasteiger partial charge is 0.226 e. The van der Waals surface area contributed by atoms with Crippen LogP contribution < -0.4 is 5.73 Å². The number of hydrogen-bond acceptors (Lipinski definition) is 6. The molecule has 0 spiro atoms. The third-order valence-electron chi connectivity index (χ3n) is 3.82. The summed E-state index contributed by atoms with van der Waals surface area (Å²) < 4.78 is 7.27. The minimum absolute atomic E-state index is 0.0493. The Labute approximate surface area is 120 Å². The summed E-state index contributed by atoms with van der Waals surface area (Å²) in [4.78, 5) is 8.05. The number of aromatic nitrogens is 3. The number of aliphatic hydroxyl groups excluding tert-OH is 2. The lowest BCUT2D eigenvalue weighted by Crippen LogP contribution is -2.42. The average molecular weight is 299 g/mol. The molecule has 8 heteroatoms. The van der Waals surface area contributed by atoms with Gasteiger partial charge in [0.1, 0.15) is 23.2 Å². The monoisotopic (exact) mass is 298 g/mol. The van der Waals surface area contributed by atoms with Gasteiger partial charge in [0, 0.05) is 6.20 Å². The van der Waals surface area contributed by atoms with Gasteiger partial charge in [-0.15, -0.1) is 0 Å². The number of nitrogens with zero attached hydrogens (tertiary/aromatic N) is 3. The van der Waals surface area contributed by atoms with E-state index in [1.165, 1.54) is 0 Å². The van der Waals surface area contributed by atoms with Gasteiger partial charge in [0.25, 0.3) is 0 Å². The molecule has 3 atom stereocenters. The van der Waals surface area contributed by atoms with E-state index in [2.05, 4.69) is 9.97 Å². The van der Waals surface area contributed by atoms with Crippen LogP contribution in [-0.2, 0) is 4.74 Å². The van der Waals surface area contributed by atoms with Crippen LogP contribution in [0.5, 0.6) is 0 Å². The Balaban J connectivity index is 2.08. The standard InChI is InChI=1S/C12H15ClN4O3/c1-12(5-18)8(19)7(4-20-12)17-3-2-6-9(14)15-11(13)16-10(6)17/h2-3,7-8,18-19H,4-5H2,1H3,(H2,14,15,16). The van der Waals surface area contributed by atoms with Gasteiger partial charge in [0.15, 0.2) is 0 Å². The number of ether oxygens (including phenoxy) is 1. The Bertz CT molecular complexity index is 661. The Hall–Kier alpha value is -1.41. The third-order valence-corrected chi connectivity index (χ3v) is 3.99. The van der Waals surface area contributed by atoms with E-state index < -0.39 is 11.7 Å². The number of nitrogens with two attached hydrogens (primary N) is 1. The molecule has 1 aliphatic heterocycles. The summed E-state index contributed by atoms with van der Waals surface area (Å²) in [6.45, 7) is 1.67. The molecule has 0 bridgehead atoms. The summed E-state index contributed by atoms with van der Waals surface area (Å²) in [6.07, 6.45) is 0.893. The van der Waals surface area contributed by atoms with Crippen molar-refractivity contribution in [3.63, 3.8) is 0 Å². The van der Waals surface area contributed by atoms with Gasteiger partial charge >= 0.3 is 0 Å². The minimum atomic E-state index is -0.983. The molecule has 3 heterocycles. The summed E-state index contributed by atoms with van der Waals surface area (Å²) in [7, 11) is 0. The zero-order chi connectivity index (χ0) is 14.5. The van der Waals surface area contributed by atoms with Gasteiger partial charge in [-0.25, -0.2) is 4.98 Å². The maximum absolute atomic E-state index is 10.4. The number of fused-ring (bicyclic) bond motifs is 1. The van der Waals surface area contributed by atoms with Gasteiger partial charge in [-0.05, 0) is 24.6 Å². The lowest BCUT2D eigenvalue weighted by molar-refractivity contribution is -0.0781. The second kappa shape index (κ2) is 4.56. The van der Waals surface area contributed by atoms with E-state index in [0.29, 0.717) is 11.0 Å². The molecule has 2 aromatic heterocycles. The SMILES string of the molecule is CC1(CO)OCC(n2ccc3c(N)nc(Cl)nc32)C1O. The maximum atomic E-state index is 10.4. The van der Waals surface area contributed by atoms with Gasteiger partial charge < -0.3 is 25.3 Å². The first-order valence-corrected chi connectivity index (χ1v) is 6.56. The number of aliphatic hydroxyl groups is 2. The molecule has 1 saturated heterocycles. The molecule has 3 rings (SSSR count). The molecule has 2 aromatic rings. The van der Waals surface area contributed by atoms with Crippen LogP contribution in [0.2, 0.25) is 5.28 Å². The van der Waals surface area contributed by atoms with Crippen LogP contribution in [0.1, 0.15) is 13.0 Å². The fourth-order valence-electron chi connectivity index (χ4n) is 2.53. The predicted octanol–water partition coefficient (Wildman–Crippen LogP) is 0.350. The zero-order valence-electron chi connectivity index (χ0n) is 10.8. The highest BCUT2D eigenvalue weighted by molar-refractivity contribution is 6.28. The number of nitrogen functional groups attached to an aromatic ring is 1. The molecule has 1 fully saturated rings. The fraction of sp³-hybridized carbons (Fsp3) is 0.500. The molecule has 0 aliphatic carbocycles. The normalized spacial score (nSPS) is 30.2. The van der Waals surface area contributed by atoms with E-state index >= 15 is 0 Å². The predicted molar refractivity (Wildman–Crippen MR) is 73.4 cm³/mol. The van der Waals surface area contributed by atoms with Crippen molar-refractivity contribution in [2.75, 3.05) is 18.9 Å². The van der Waals surface area contributed by atoms with Crippen molar-refractivity contribution in [2.24, 2.45) is 0 Å². The minimum Gasteiger partial charge on any atom is -0.393 e. The average Bonchev–Trinajstić information content (AvgIpc) is 2.93. The van der Waals surface area contributed by atoms with Crippen LogP contribution in [0.25, 0.3) is 11.0 Å². The third kappa shape index (κ3) is 1.86. The summed E-state index contributed by atoms with van der Waals surface area (Å²) in [5.74, 6) is 0.289. The molecular formula is C12H15ClN4O3. The number of anilines is 1. The van der Waals surface area contributed by atoms with E-state index in [1.807, 2.05) is 0 Å². The van der Waals surface area contributed by atoms with E-state index in [0.717, 1.165) is 0 Å². The second-order valence-electron chi connectivity index (χ2n) is 5.13. The first kappa shape index (κ1) is 13.6. The molecule has 0 amide bonds. The van der Waals surface area contributed by atoms with Crippen LogP contribution >= 0.6 is 11.6 Å². The van der Waals surface area contributed by atoms with Crippen LogP contribution in [0, 0.1) is 0 Å². The zero-order valence-corrected chi connectivity index (χ0v) is 11.6. The lowest BCUT2D eigenvalue weighted by Gasteiger charge is -2.26. The van der Waals surface area contributed by atoms with Crippen molar-refractivity contribution in [3.8, 4) is 0 Å².